The topological polar surface area (TPSA) is 89.0 Å². The van der Waals surface area contributed by atoms with Gasteiger partial charge in [0, 0.05) is 10.7 Å². The molecule has 0 saturated carbocycles. The van der Waals surface area contributed by atoms with Crippen molar-refractivity contribution in [1.29, 1.82) is 0 Å². The molecule has 0 radical (unpaired) electrons. The molecule has 4 rings (SSSR count). The van der Waals surface area contributed by atoms with Crippen LogP contribution in [0.3, 0.4) is 0 Å². The van der Waals surface area contributed by atoms with E-state index in [9.17, 15) is 9.59 Å². The van der Waals surface area contributed by atoms with Crippen molar-refractivity contribution >= 4 is 69.4 Å². The van der Waals surface area contributed by atoms with Gasteiger partial charge in [-0.05, 0) is 78.9 Å². The van der Waals surface area contributed by atoms with Crippen molar-refractivity contribution in [2.45, 2.75) is 6.92 Å². The fourth-order valence-electron chi connectivity index (χ4n) is 3.20. The van der Waals surface area contributed by atoms with Gasteiger partial charge >= 0.3 is 0 Å². The first-order valence-corrected chi connectivity index (χ1v) is 12.3. The standard InChI is InChI=1S/C26H21Cl2N3O4S/c1-15-3-7-19(8-4-15)30-26-31-25(33)22(36-26)13-16-11-20(28)24(21(12-16)34-2)35-14-23(32)29-18-9-5-17(27)6-10-18/h3-13H,14H2,1-2H3,(H,29,32)(H,30,31,33)/b22-13-. The number of halogens is 2. The van der Waals surface area contributed by atoms with Gasteiger partial charge in [0.05, 0.1) is 22.7 Å². The Labute approximate surface area is 222 Å². The summed E-state index contributed by atoms with van der Waals surface area (Å²) in [7, 11) is 1.46. The number of amides is 2. The van der Waals surface area contributed by atoms with E-state index in [-0.39, 0.29) is 29.2 Å². The highest BCUT2D eigenvalue weighted by Gasteiger charge is 2.24. The van der Waals surface area contributed by atoms with Crippen LogP contribution in [0.1, 0.15) is 11.1 Å². The van der Waals surface area contributed by atoms with Crippen LogP contribution in [0.15, 0.2) is 70.6 Å². The van der Waals surface area contributed by atoms with Gasteiger partial charge in [0.25, 0.3) is 11.8 Å². The van der Waals surface area contributed by atoms with Crippen LogP contribution in [0.4, 0.5) is 11.4 Å². The van der Waals surface area contributed by atoms with Crippen molar-refractivity contribution in [2.75, 3.05) is 19.0 Å². The minimum atomic E-state index is -0.374. The van der Waals surface area contributed by atoms with Crippen LogP contribution in [-0.4, -0.2) is 30.7 Å². The Balaban J connectivity index is 1.45. The van der Waals surface area contributed by atoms with Crippen LogP contribution in [0.25, 0.3) is 6.08 Å². The molecule has 0 aliphatic carbocycles. The first-order valence-electron chi connectivity index (χ1n) is 10.7. The predicted octanol–water partition coefficient (Wildman–Crippen LogP) is 6.22. The van der Waals surface area contributed by atoms with Crippen molar-refractivity contribution in [1.82, 2.24) is 5.32 Å². The van der Waals surface area contributed by atoms with E-state index >= 15 is 0 Å². The van der Waals surface area contributed by atoms with E-state index in [1.165, 1.54) is 18.9 Å². The second-order valence-electron chi connectivity index (χ2n) is 7.70. The van der Waals surface area contributed by atoms with E-state index in [0.29, 0.717) is 32.1 Å². The number of rotatable bonds is 7. The normalized spacial score (nSPS) is 15.2. The number of aliphatic imine (C=N–C) groups is 1. The molecule has 1 saturated heterocycles. The minimum Gasteiger partial charge on any atom is -0.493 e. The number of hydrogen-bond donors (Lipinski definition) is 2. The zero-order valence-corrected chi connectivity index (χ0v) is 21.6. The number of ether oxygens (including phenoxy) is 2. The van der Waals surface area contributed by atoms with Crippen LogP contribution < -0.4 is 20.1 Å². The molecule has 1 heterocycles. The van der Waals surface area contributed by atoms with Crippen molar-refractivity contribution in [2.24, 2.45) is 4.99 Å². The Hall–Kier alpha value is -3.46. The van der Waals surface area contributed by atoms with E-state index in [1.807, 2.05) is 31.2 Å². The first kappa shape index (κ1) is 25.6. The smallest absolute Gasteiger partial charge is 0.264 e. The number of hydrogen-bond acceptors (Lipinski definition) is 6. The number of nitrogens with one attached hydrogen (secondary N) is 2. The summed E-state index contributed by atoms with van der Waals surface area (Å²) in [6.07, 6.45) is 1.68. The summed E-state index contributed by atoms with van der Waals surface area (Å²) in [4.78, 5) is 29.7. The molecule has 1 fully saturated rings. The number of carbonyl (C=O) groups excluding carboxylic acids is 2. The van der Waals surface area contributed by atoms with Gasteiger partial charge in [-0.3, -0.25) is 9.59 Å². The quantitative estimate of drug-likeness (QED) is 0.346. The van der Waals surface area contributed by atoms with Crippen LogP contribution in [0.5, 0.6) is 11.5 Å². The lowest BCUT2D eigenvalue weighted by Gasteiger charge is -2.13. The molecule has 36 heavy (non-hydrogen) atoms. The maximum Gasteiger partial charge on any atom is 0.264 e. The number of benzene rings is 3. The predicted molar refractivity (Wildman–Crippen MR) is 146 cm³/mol. The molecular weight excluding hydrogens is 521 g/mol. The molecule has 2 N–H and O–H groups in total. The molecule has 184 valence electrons. The zero-order valence-electron chi connectivity index (χ0n) is 19.3. The van der Waals surface area contributed by atoms with Crippen molar-refractivity contribution in [3.05, 3.63) is 86.7 Å². The molecule has 3 aromatic rings. The summed E-state index contributed by atoms with van der Waals surface area (Å²) in [5.41, 5.74) is 3.09. The van der Waals surface area contributed by atoms with E-state index in [4.69, 9.17) is 32.7 Å². The third-order valence-electron chi connectivity index (χ3n) is 4.94. The third-order valence-corrected chi connectivity index (χ3v) is 6.38. The lowest BCUT2D eigenvalue weighted by Crippen LogP contribution is -2.20. The summed E-state index contributed by atoms with van der Waals surface area (Å²) in [6.45, 7) is 1.71. The molecule has 1 aliphatic rings. The number of methoxy groups -OCH3 is 1. The largest absolute Gasteiger partial charge is 0.493 e. The highest BCUT2D eigenvalue weighted by Crippen LogP contribution is 2.38. The minimum absolute atomic E-state index is 0.220. The lowest BCUT2D eigenvalue weighted by molar-refractivity contribution is -0.118. The average Bonchev–Trinajstić information content (AvgIpc) is 3.19. The summed E-state index contributed by atoms with van der Waals surface area (Å²) >= 11 is 13.5. The molecule has 0 unspecified atom stereocenters. The Morgan fingerprint density at radius 1 is 1.11 bits per heavy atom. The fraction of sp³-hybridized carbons (Fsp3) is 0.115. The first-order chi connectivity index (χ1) is 17.3. The second kappa shape index (κ2) is 11.5. The van der Waals surface area contributed by atoms with Crippen LogP contribution in [0.2, 0.25) is 10.0 Å². The van der Waals surface area contributed by atoms with Crippen LogP contribution in [-0.2, 0) is 9.59 Å². The summed E-state index contributed by atoms with van der Waals surface area (Å²) in [5.74, 6) is -0.0930. The number of anilines is 1. The SMILES string of the molecule is COc1cc(/C=C2\SC(=Nc3ccc(C)cc3)NC2=O)cc(Cl)c1OCC(=O)Nc1ccc(Cl)cc1. The highest BCUT2D eigenvalue weighted by atomic mass is 35.5. The highest BCUT2D eigenvalue weighted by molar-refractivity contribution is 8.18. The van der Waals surface area contributed by atoms with Crippen LogP contribution in [0, 0.1) is 6.92 Å². The summed E-state index contributed by atoms with van der Waals surface area (Å²) in [5, 5.41) is 6.76. The summed E-state index contributed by atoms with van der Waals surface area (Å²) in [6, 6.07) is 17.7. The van der Waals surface area contributed by atoms with Gasteiger partial charge in [-0.15, -0.1) is 0 Å². The van der Waals surface area contributed by atoms with Crippen LogP contribution >= 0.6 is 35.0 Å². The molecule has 1 aliphatic heterocycles. The van der Waals surface area contributed by atoms with Crippen molar-refractivity contribution in [3.63, 3.8) is 0 Å². The van der Waals surface area contributed by atoms with Gasteiger partial charge in [-0.1, -0.05) is 40.9 Å². The molecule has 0 spiro atoms. The maximum absolute atomic E-state index is 12.5. The van der Waals surface area contributed by atoms with Gasteiger partial charge in [-0.25, -0.2) is 4.99 Å². The van der Waals surface area contributed by atoms with E-state index in [2.05, 4.69) is 15.6 Å². The fourth-order valence-corrected chi connectivity index (χ4v) is 4.44. The zero-order chi connectivity index (χ0) is 25.7. The number of amidine groups is 1. The van der Waals surface area contributed by atoms with Crippen molar-refractivity contribution in [3.8, 4) is 11.5 Å². The summed E-state index contributed by atoms with van der Waals surface area (Å²) < 4.78 is 11.1. The number of carbonyl (C=O) groups is 2. The molecule has 7 nitrogen and oxygen atoms in total. The molecule has 3 aromatic carbocycles. The molecular formula is C26H21Cl2N3O4S. The van der Waals surface area contributed by atoms with E-state index < -0.39 is 0 Å². The van der Waals surface area contributed by atoms with E-state index in [0.717, 1.165) is 11.3 Å². The second-order valence-corrected chi connectivity index (χ2v) is 9.57. The number of thioether (sulfide) groups is 1. The molecule has 0 atom stereocenters. The van der Waals surface area contributed by atoms with Crippen molar-refractivity contribution < 1.29 is 19.1 Å². The lowest BCUT2D eigenvalue weighted by atomic mass is 10.2. The molecule has 0 aromatic heterocycles. The van der Waals surface area contributed by atoms with Gasteiger partial charge in [-0.2, -0.15) is 0 Å². The van der Waals surface area contributed by atoms with Gasteiger partial charge < -0.3 is 20.1 Å². The molecule has 0 bridgehead atoms. The number of aryl methyl sites for hydroxylation is 1. The number of nitrogens with zero attached hydrogens (tertiary/aromatic N) is 1. The monoisotopic (exact) mass is 541 g/mol. The van der Waals surface area contributed by atoms with E-state index in [1.54, 1.807) is 42.5 Å². The Morgan fingerprint density at radius 2 is 1.83 bits per heavy atom. The average molecular weight is 542 g/mol. The van der Waals surface area contributed by atoms with Gasteiger partial charge in [0.2, 0.25) is 0 Å². The Kier molecular flexibility index (Phi) is 8.20. The molecule has 10 heteroatoms. The Bertz CT molecular complexity index is 1360. The molecule has 2 amide bonds. The maximum atomic E-state index is 12.5. The third kappa shape index (κ3) is 6.60. The van der Waals surface area contributed by atoms with Gasteiger partial charge in [0.15, 0.2) is 23.3 Å². The van der Waals surface area contributed by atoms with Gasteiger partial charge in [0.1, 0.15) is 0 Å². The Morgan fingerprint density at radius 3 is 2.53 bits per heavy atom.